The zero-order valence-electron chi connectivity index (χ0n) is 13.8. The summed E-state index contributed by atoms with van der Waals surface area (Å²) < 4.78 is 5.23. The minimum absolute atomic E-state index is 0.0659. The van der Waals surface area contributed by atoms with Crippen LogP contribution in [0.2, 0.25) is 0 Å². The predicted molar refractivity (Wildman–Crippen MR) is 98.6 cm³/mol. The number of benzene rings is 1. The number of pyridine rings is 1. The molecule has 0 aliphatic rings. The highest BCUT2D eigenvalue weighted by Crippen LogP contribution is 2.20. The fourth-order valence-corrected chi connectivity index (χ4v) is 2.73. The van der Waals surface area contributed by atoms with Crippen LogP contribution in [0.5, 0.6) is 0 Å². The van der Waals surface area contributed by atoms with Crippen LogP contribution in [0.3, 0.4) is 0 Å². The molecule has 0 amide bonds. The molecule has 0 saturated carbocycles. The average Bonchev–Trinajstić information content (AvgIpc) is 2.56. The van der Waals surface area contributed by atoms with Gasteiger partial charge in [0.05, 0.1) is 18.3 Å². The van der Waals surface area contributed by atoms with E-state index in [1.165, 1.54) is 5.56 Å². The minimum atomic E-state index is 0.0659. The normalized spacial score (nSPS) is 11.8. The lowest BCUT2D eigenvalue weighted by Gasteiger charge is -2.31. The number of anilines is 1. The van der Waals surface area contributed by atoms with Gasteiger partial charge in [-0.15, -0.1) is 0 Å². The summed E-state index contributed by atoms with van der Waals surface area (Å²) in [6.45, 7) is 5.47. The molecule has 2 aromatic rings. The van der Waals surface area contributed by atoms with Gasteiger partial charge in [-0.25, -0.2) is 0 Å². The third-order valence-corrected chi connectivity index (χ3v) is 3.99. The Morgan fingerprint density at radius 1 is 1.30 bits per heavy atom. The van der Waals surface area contributed by atoms with Crippen LogP contribution in [0.1, 0.15) is 24.2 Å². The van der Waals surface area contributed by atoms with Crippen molar-refractivity contribution in [2.45, 2.75) is 19.9 Å². The molecule has 0 spiro atoms. The molecule has 1 aromatic carbocycles. The first-order chi connectivity index (χ1) is 11.1. The second-order valence-electron chi connectivity index (χ2n) is 5.42. The largest absolute Gasteiger partial charge is 0.383 e. The Bertz CT molecular complexity index is 633. The number of hydrogen-bond acceptors (Lipinski definition) is 3. The Morgan fingerprint density at radius 3 is 2.78 bits per heavy atom. The Kier molecular flexibility index (Phi) is 6.50. The number of aryl methyl sites for hydroxylation is 1. The predicted octanol–water partition coefficient (Wildman–Crippen LogP) is 3.80. The van der Waals surface area contributed by atoms with Gasteiger partial charge in [0.2, 0.25) is 0 Å². The number of thiocarbonyl (C=S) groups is 1. The summed E-state index contributed by atoms with van der Waals surface area (Å²) >= 11 is 5.62. The van der Waals surface area contributed by atoms with Crippen molar-refractivity contribution in [1.82, 2.24) is 9.88 Å². The lowest BCUT2D eigenvalue weighted by Crippen LogP contribution is -2.39. The van der Waals surface area contributed by atoms with Crippen LogP contribution in [-0.4, -0.2) is 35.3 Å². The topological polar surface area (TPSA) is 37.4 Å². The minimum Gasteiger partial charge on any atom is -0.383 e. The van der Waals surface area contributed by atoms with Crippen molar-refractivity contribution in [2.24, 2.45) is 0 Å². The van der Waals surface area contributed by atoms with Gasteiger partial charge in [-0.05, 0) is 55.9 Å². The van der Waals surface area contributed by atoms with Crippen LogP contribution in [-0.2, 0) is 4.74 Å². The van der Waals surface area contributed by atoms with Gasteiger partial charge in [0.25, 0.3) is 0 Å². The summed E-state index contributed by atoms with van der Waals surface area (Å²) in [5.74, 6) is 0. The van der Waals surface area contributed by atoms with Gasteiger partial charge in [0, 0.05) is 25.5 Å². The third-order valence-electron chi connectivity index (χ3n) is 3.65. The molecular weight excluding hydrogens is 306 g/mol. The Labute approximate surface area is 143 Å². The number of methoxy groups -OCH3 is 1. The second kappa shape index (κ2) is 8.60. The molecule has 0 unspecified atom stereocenters. The molecule has 1 atom stereocenters. The first-order valence-electron chi connectivity index (χ1n) is 7.66. The molecule has 2 rings (SSSR count). The van der Waals surface area contributed by atoms with Crippen LogP contribution < -0.4 is 5.32 Å². The fraction of sp³-hybridized carbons (Fsp3) is 0.333. The van der Waals surface area contributed by atoms with E-state index in [1.807, 2.05) is 30.3 Å². The molecule has 1 heterocycles. The second-order valence-corrected chi connectivity index (χ2v) is 5.80. The van der Waals surface area contributed by atoms with Crippen molar-refractivity contribution in [2.75, 3.05) is 25.6 Å². The summed E-state index contributed by atoms with van der Waals surface area (Å²) in [4.78, 5) is 6.54. The quantitative estimate of drug-likeness (QED) is 0.816. The molecule has 0 aliphatic heterocycles. The highest BCUT2D eigenvalue weighted by Gasteiger charge is 2.19. The van der Waals surface area contributed by atoms with E-state index < -0.39 is 0 Å². The number of nitrogens with one attached hydrogen (secondary N) is 1. The fourth-order valence-electron chi connectivity index (χ4n) is 2.36. The molecule has 122 valence electrons. The summed E-state index contributed by atoms with van der Waals surface area (Å²) in [6, 6.07) is 14.2. The van der Waals surface area contributed by atoms with E-state index in [-0.39, 0.29) is 6.04 Å². The van der Waals surface area contributed by atoms with Crippen molar-refractivity contribution in [1.29, 1.82) is 0 Å². The van der Waals surface area contributed by atoms with Crippen molar-refractivity contribution in [3.8, 4) is 0 Å². The van der Waals surface area contributed by atoms with Crippen molar-refractivity contribution in [3.05, 3.63) is 59.9 Å². The van der Waals surface area contributed by atoms with Gasteiger partial charge in [0.1, 0.15) is 0 Å². The monoisotopic (exact) mass is 329 g/mol. The van der Waals surface area contributed by atoms with Crippen LogP contribution in [0.15, 0.2) is 48.7 Å². The van der Waals surface area contributed by atoms with E-state index in [9.17, 15) is 0 Å². The standard InChI is InChI=1S/C18H23N3OS/c1-14-7-6-8-16(13-14)20-18(23)21(11-12-22-3)15(2)17-9-4-5-10-19-17/h4-10,13,15H,11-12H2,1-3H3,(H,20,23)/t15-/m0/s1. The number of nitrogens with zero attached hydrogens (tertiary/aromatic N) is 2. The zero-order chi connectivity index (χ0) is 16.7. The lowest BCUT2D eigenvalue weighted by atomic mass is 10.2. The Morgan fingerprint density at radius 2 is 2.13 bits per heavy atom. The van der Waals surface area contributed by atoms with Crippen molar-refractivity contribution >= 4 is 23.0 Å². The van der Waals surface area contributed by atoms with Crippen LogP contribution in [0.4, 0.5) is 5.69 Å². The maximum atomic E-state index is 5.62. The molecule has 23 heavy (non-hydrogen) atoms. The maximum Gasteiger partial charge on any atom is 0.174 e. The Hall–Kier alpha value is -1.98. The van der Waals surface area contributed by atoms with Gasteiger partial charge in [-0.3, -0.25) is 4.98 Å². The van der Waals surface area contributed by atoms with E-state index >= 15 is 0 Å². The van der Waals surface area contributed by atoms with E-state index in [0.29, 0.717) is 18.3 Å². The molecule has 0 fully saturated rings. The zero-order valence-corrected chi connectivity index (χ0v) is 14.6. The van der Waals surface area contributed by atoms with Gasteiger partial charge in [-0.1, -0.05) is 18.2 Å². The van der Waals surface area contributed by atoms with Gasteiger partial charge < -0.3 is 15.0 Å². The number of ether oxygens (including phenoxy) is 1. The molecule has 1 N–H and O–H groups in total. The molecule has 0 radical (unpaired) electrons. The summed E-state index contributed by atoms with van der Waals surface area (Å²) in [7, 11) is 1.70. The van der Waals surface area contributed by atoms with E-state index in [2.05, 4.69) is 41.2 Å². The lowest BCUT2D eigenvalue weighted by molar-refractivity contribution is 0.164. The van der Waals surface area contributed by atoms with Crippen LogP contribution in [0, 0.1) is 6.92 Å². The first-order valence-corrected chi connectivity index (χ1v) is 8.07. The smallest absolute Gasteiger partial charge is 0.174 e. The van der Waals surface area contributed by atoms with Gasteiger partial charge in [0.15, 0.2) is 5.11 Å². The SMILES string of the molecule is COCCN(C(=S)Nc1cccc(C)c1)[C@@H](C)c1ccccn1. The molecular formula is C18H23N3OS. The number of rotatable bonds is 6. The molecule has 0 aliphatic carbocycles. The maximum absolute atomic E-state index is 5.62. The summed E-state index contributed by atoms with van der Waals surface area (Å²) in [5.41, 5.74) is 3.17. The van der Waals surface area contributed by atoms with Gasteiger partial charge in [-0.2, -0.15) is 0 Å². The molecule has 4 nitrogen and oxygen atoms in total. The van der Waals surface area contributed by atoms with E-state index in [0.717, 1.165) is 11.4 Å². The van der Waals surface area contributed by atoms with E-state index in [1.54, 1.807) is 13.3 Å². The molecule has 0 bridgehead atoms. The molecule has 0 saturated heterocycles. The van der Waals surface area contributed by atoms with Crippen molar-refractivity contribution in [3.63, 3.8) is 0 Å². The third kappa shape index (κ3) is 5.01. The molecule has 5 heteroatoms. The van der Waals surface area contributed by atoms with Crippen molar-refractivity contribution < 1.29 is 4.74 Å². The van der Waals surface area contributed by atoms with Crippen LogP contribution >= 0.6 is 12.2 Å². The summed E-state index contributed by atoms with van der Waals surface area (Å²) in [6.07, 6.45) is 1.80. The molecule has 1 aromatic heterocycles. The number of hydrogen-bond donors (Lipinski definition) is 1. The number of aromatic nitrogens is 1. The first kappa shape index (κ1) is 17.4. The highest BCUT2D eigenvalue weighted by atomic mass is 32.1. The van der Waals surface area contributed by atoms with Crippen LogP contribution in [0.25, 0.3) is 0 Å². The summed E-state index contributed by atoms with van der Waals surface area (Å²) in [5, 5.41) is 3.99. The highest BCUT2D eigenvalue weighted by molar-refractivity contribution is 7.80. The van der Waals surface area contributed by atoms with E-state index in [4.69, 9.17) is 17.0 Å². The van der Waals surface area contributed by atoms with Gasteiger partial charge >= 0.3 is 0 Å². The average molecular weight is 329 g/mol. The Balaban J connectivity index is 2.15.